The predicted octanol–water partition coefficient (Wildman–Crippen LogP) is 4.05. The Labute approximate surface area is 176 Å². The lowest BCUT2D eigenvalue weighted by Gasteiger charge is -2.31. The van der Waals surface area contributed by atoms with Crippen molar-refractivity contribution >= 4 is 43.7 Å². The molecule has 1 atom stereocenters. The van der Waals surface area contributed by atoms with Gasteiger partial charge in [0.05, 0.1) is 21.4 Å². The van der Waals surface area contributed by atoms with Crippen molar-refractivity contribution in [2.24, 2.45) is 5.92 Å². The fraction of sp³-hybridized carbons (Fsp3) is 0.263. The van der Waals surface area contributed by atoms with Crippen LogP contribution >= 0.6 is 22.7 Å². The van der Waals surface area contributed by atoms with Gasteiger partial charge in [-0.05, 0) is 48.6 Å². The largest absolute Gasteiger partial charge is 0.302 e. The molecule has 0 bridgehead atoms. The minimum atomic E-state index is -3.77. The summed E-state index contributed by atoms with van der Waals surface area (Å²) in [6.45, 7) is 0.429. The minimum Gasteiger partial charge on any atom is -0.302 e. The van der Waals surface area contributed by atoms with E-state index < -0.39 is 21.8 Å². The summed E-state index contributed by atoms with van der Waals surface area (Å²) in [6.07, 6.45) is 1.18. The first kappa shape index (κ1) is 20.1. The molecule has 6 nitrogen and oxygen atoms in total. The number of rotatable bonds is 5. The molecule has 1 aliphatic heterocycles. The number of benzene rings is 1. The highest BCUT2D eigenvalue weighted by molar-refractivity contribution is 7.89. The van der Waals surface area contributed by atoms with Gasteiger partial charge in [-0.1, -0.05) is 6.07 Å². The van der Waals surface area contributed by atoms with Crippen molar-refractivity contribution in [2.45, 2.75) is 17.7 Å². The lowest BCUT2D eigenvalue weighted by Crippen LogP contribution is -2.43. The van der Waals surface area contributed by atoms with Gasteiger partial charge in [0.2, 0.25) is 15.9 Å². The summed E-state index contributed by atoms with van der Waals surface area (Å²) in [5.41, 5.74) is 0.810. The predicted molar refractivity (Wildman–Crippen MR) is 112 cm³/mol. The SMILES string of the molecule is O=C(Nc1nc(-c2cccs2)cs1)[C@@H]1CCCN(S(=O)(=O)c2ccc(F)cc2)C1. The summed E-state index contributed by atoms with van der Waals surface area (Å²) in [6, 6.07) is 8.63. The van der Waals surface area contributed by atoms with Crippen LogP contribution in [0.3, 0.4) is 0 Å². The van der Waals surface area contributed by atoms with Gasteiger partial charge in [-0.15, -0.1) is 22.7 Å². The molecular formula is C19H18FN3O3S3. The van der Waals surface area contributed by atoms with Crippen molar-refractivity contribution in [3.8, 4) is 10.6 Å². The van der Waals surface area contributed by atoms with Gasteiger partial charge >= 0.3 is 0 Å². The summed E-state index contributed by atoms with van der Waals surface area (Å²) >= 11 is 2.91. The molecule has 3 heterocycles. The highest BCUT2D eigenvalue weighted by Crippen LogP contribution is 2.29. The molecule has 1 aromatic carbocycles. The molecule has 0 radical (unpaired) electrons. The molecule has 0 aliphatic carbocycles. The molecule has 3 aromatic rings. The molecule has 0 saturated carbocycles. The number of aromatic nitrogens is 1. The van der Waals surface area contributed by atoms with E-state index in [1.165, 1.54) is 27.8 Å². The normalized spacial score (nSPS) is 17.9. The number of carbonyl (C=O) groups excluding carboxylic acids is 1. The number of hydrogen-bond acceptors (Lipinski definition) is 6. The van der Waals surface area contributed by atoms with Gasteiger partial charge in [-0.3, -0.25) is 4.79 Å². The Bertz CT molecular complexity index is 1100. The molecule has 1 fully saturated rings. The fourth-order valence-corrected chi connectivity index (χ4v) is 6.20. The van der Waals surface area contributed by atoms with Crippen LogP contribution in [0.5, 0.6) is 0 Å². The number of hydrogen-bond donors (Lipinski definition) is 1. The minimum absolute atomic E-state index is 0.0282. The van der Waals surface area contributed by atoms with Gasteiger partial charge in [0.25, 0.3) is 0 Å². The van der Waals surface area contributed by atoms with Crippen LogP contribution in [0.15, 0.2) is 52.1 Å². The highest BCUT2D eigenvalue weighted by Gasteiger charge is 2.33. The zero-order valence-electron chi connectivity index (χ0n) is 15.2. The van der Waals surface area contributed by atoms with E-state index >= 15 is 0 Å². The third-order valence-electron chi connectivity index (χ3n) is 4.71. The monoisotopic (exact) mass is 451 g/mol. The highest BCUT2D eigenvalue weighted by atomic mass is 32.2. The second kappa shape index (κ2) is 8.31. The first-order valence-electron chi connectivity index (χ1n) is 8.99. The Balaban J connectivity index is 1.44. The van der Waals surface area contributed by atoms with E-state index in [0.717, 1.165) is 22.7 Å². The summed E-state index contributed by atoms with van der Waals surface area (Å²) < 4.78 is 40.1. The van der Waals surface area contributed by atoms with E-state index in [1.807, 2.05) is 22.9 Å². The Morgan fingerprint density at radius 1 is 1.21 bits per heavy atom. The number of amides is 1. The van der Waals surface area contributed by atoms with Gasteiger partial charge in [-0.2, -0.15) is 4.31 Å². The van der Waals surface area contributed by atoms with Crippen LogP contribution in [0.2, 0.25) is 0 Å². The third-order valence-corrected chi connectivity index (χ3v) is 8.24. The van der Waals surface area contributed by atoms with E-state index in [2.05, 4.69) is 10.3 Å². The van der Waals surface area contributed by atoms with Crippen molar-refractivity contribution in [2.75, 3.05) is 18.4 Å². The molecule has 0 unspecified atom stereocenters. The number of halogens is 1. The van der Waals surface area contributed by atoms with Crippen molar-refractivity contribution in [3.05, 3.63) is 53.0 Å². The van der Waals surface area contributed by atoms with E-state index in [9.17, 15) is 17.6 Å². The zero-order chi connectivity index (χ0) is 20.4. The van der Waals surface area contributed by atoms with Crippen LogP contribution < -0.4 is 5.32 Å². The van der Waals surface area contributed by atoms with E-state index in [-0.39, 0.29) is 17.3 Å². The molecule has 2 aromatic heterocycles. The number of nitrogens with one attached hydrogen (secondary N) is 1. The maximum absolute atomic E-state index is 13.1. The quantitative estimate of drug-likeness (QED) is 0.635. The first-order valence-corrected chi connectivity index (χ1v) is 12.2. The molecule has 10 heteroatoms. The molecule has 0 spiro atoms. The van der Waals surface area contributed by atoms with Gasteiger partial charge in [0.15, 0.2) is 5.13 Å². The van der Waals surface area contributed by atoms with Gasteiger partial charge in [0, 0.05) is 18.5 Å². The average molecular weight is 452 g/mol. The number of thiophene rings is 1. The fourth-order valence-electron chi connectivity index (χ4n) is 3.21. The number of thiazole rings is 1. The van der Waals surface area contributed by atoms with Crippen molar-refractivity contribution in [1.29, 1.82) is 0 Å². The lowest BCUT2D eigenvalue weighted by atomic mass is 9.99. The Hall–Kier alpha value is -2.14. The number of piperidine rings is 1. The Kier molecular flexibility index (Phi) is 5.77. The second-order valence-corrected chi connectivity index (χ2v) is 10.4. The Morgan fingerprint density at radius 2 is 2.00 bits per heavy atom. The third kappa shape index (κ3) is 4.40. The number of anilines is 1. The molecule has 1 saturated heterocycles. The summed E-state index contributed by atoms with van der Waals surface area (Å²) in [7, 11) is -3.77. The van der Waals surface area contributed by atoms with Crippen LogP contribution in [0.25, 0.3) is 10.6 Å². The van der Waals surface area contributed by atoms with Crippen LogP contribution in [0.4, 0.5) is 9.52 Å². The first-order chi connectivity index (χ1) is 13.9. The molecular weight excluding hydrogens is 433 g/mol. The molecule has 1 amide bonds. The van der Waals surface area contributed by atoms with Gasteiger partial charge in [-0.25, -0.2) is 17.8 Å². The van der Waals surface area contributed by atoms with Crippen molar-refractivity contribution in [1.82, 2.24) is 9.29 Å². The van der Waals surface area contributed by atoms with E-state index in [0.29, 0.717) is 24.5 Å². The van der Waals surface area contributed by atoms with Crippen molar-refractivity contribution in [3.63, 3.8) is 0 Å². The molecule has 4 rings (SSSR count). The molecule has 29 heavy (non-hydrogen) atoms. The molecule has 1 N–H and O–H groups in total. The van der Waals surface area contributed by atoms with Crippen LogP contribution in [0, 0.1) is 11.7 Å². The van der Waals surface area contributed by atoms with E-state index in [1.54, 1.807) is 11.3 Å². The molecule has 152 valence electrons. The Morgan fingerprint density at radius 3 is 2.72 bits per heavy atom. The van der Waals surface area contributed by atoms with Gasteiger partial charge < -0.3 is 5.32 Å². The maximum Gasteiger partial charge on any atom is 0.243 e. The van der Waals surface area contributed by atoms with Gasteiger partial charge in [0.1, 0.15) is 5.82 Å². The zero-order valence-corrected chi connectivity index (χ0v) is 17.7. The number of nitrogens with zero attached hydrogens (tertiary/aromatic N) is 2. The average Bonchev–Trinajstić information content (AvgIpc) is 3.40. The second-order valence-electron chi connectivity index (χ2n) is 6.66. The van der Waals surface area contributed by atoms with E-state index in [4.69, 9.17) is 0 Å². The summed E-state index contributed by atoms with van der Waals surface area (Å²) in [5.74, 6) is -1.20. The van der Waals surface area contributed by atoms with Crippen LogP contribution in [-0.2, 0) is 14.8 Å². The van der Waals surface area contributed by atoms with Crippen molar-refractivity contribution < 1.29 is 17.6 Å². The number of carbonyl (C=O) groups is 1. The standard InChI is InChI=1S/C19H18FN3O3S3/c20-14-5-7-15(8-6-14)29(25,26)23-9-1-3-13(11-23)18(24)22-19-21-16(12-28-19)17-4-2-10-27-17/h2,4-8,10,12-13H,1,3,9,11H2,(H,21,22,24)/t13-/m1/s1. The van der Waals surface area contributed by atoms with Crippen LogP contribution in [0.1, 0.15) is 12.8 Å². The number of sulfonamides is 1. The summed E-state index contributed by atoms with van der Waals surface area (Å²) in [4.78, 5) is 18.2. The topological polar surface area (TPSA) is 79.4 Å². The maximum atomic E-state index is 13.1. The molecule has 1 aliphatic rings. The summed E-state index contributed by atoms with van der Waals surface area (Å²) in [5, 5.41) is 7.16. The van der Waals surface area contributed by atoms with Crippen LogP contribution in [-0.4, -0.2) is 36.7 Å². The lowest BCUT2D eigenvalue weighted by molar-refractivity contribution is -0.120. The smallest absolute Gasteiger partial charge is 0.243 e.